The number of para-hydroxylation sites is 1. The number of rotatable bonds is 4. The quantitative estimate of drug-likeness (QED) is 0.776. The van der Waals surface area contributed by atoms with Crippen LogP contribution in [0.3, 0.4) is 0 Å². The molecule has 0 radical (unpaired) electrons. The number of benzene rings is 1. The first-order chi connectivity index (χ1) is 8.72. The van der Waals surface area contributed by atoms with Gasteiger partial charge in [0.1, 0.15) is 13.2 Å². The summed E-state index contributed by atoms with van der Waals surface area (Å²) in [6.07, 6.45) is 0. The Kier molecular flexibility index (Phi) is 4.04. The lowest BCUT2D eigenvalue weighted by Crippen LogP contribution is -2.33. The molecule has 1 amide bonds. The molecule has 2 rings (SSSR count). The maximum absolute atomic E-state index is 11.9. The summed E-state index contributed by atoms with van der Waals surface area (Å²) in [5.41, 5.74) is 0.529. The summed E-state index contributed by atoms with van der Waals surface area (Å²) in [7, 11) is 1.86. The van der Waals surface area contributed by atoms with Crippen LogP contribution >= 0.6 is 0 Å². The molecule has 18 heavy (non-hydrogen) atoms. The van der Waals surface area contributed by atoms with Gasteiger partial charge in [-0.05, 0) is 26.1 Å². The number of carbonyl (C=O) groups is 1. The van der Waals surface area contributed by atoms with Crippen molar-refractivity contribution in [3.8, 4) is 11.5 Å². The van der Waals surface area contributed by atoms with E-state index < -0.39 is 0 Å². The van der Waals surface area contributed by atoms with Crippen molar-refractivity contribution < 1.29 is 14.3 Å². The fourth-order valence-corrected chi connectivity index (χ4v) is 1.77. The molecule has 1 aromatic rings. The van der Waals surface area contributed by atoms with Gasteiger partial charge in [-0.25, -0.2) is 0 Å². The molecule has 1 aromatic carbocycles. The van der Waals surface area contributed by atoms with E-state index in [4.69, 9.17) is 9.47 Å². The molecule has 0 fully saturated rings. The van der Waals surface area contributed by atoms with E-state index in [-0.39, 0.29) is 11.9 Å². The number of nitrogens with one attached hydrogen (secondary N) is 2. The fourth-order valence-electron chi connectivity index (χ4n) is 1.77. The third kappa shape index (κ3) is 2.73. The highest BCUT2D eigenvalue weighted by molar-refractivity contribution is 5.98. The molecule has 0 spiro atoms. The molecule has 1 aliphatic heterocycles. The summed E-state index contributed by atoms with van der Waals surface area (Å²) in [6.45, 7) is 3.64. The molecule has 1 unspecified atom stereocenters. The predicted molar refractivity (Wildman–Crippen MR) is 68.3 cm³/mol. The highest BCUT2D eigenvalue weighted by Gasteiger charge is 2.23. The van der Waals surface area contributed by atoms with E-state index in [1.165, 1.54) is 0 Å². The molecule has 1 atom stereocenters. The van der Waals surface area contributed by atoms with Gasteiger partial charge in [-0.1, -0.05) is 6.07 Å². The van der Waals surface area contributed by atoms with Gasteiger partial charge in [0.15, 0.2) is 11.5 Å². The lowest BCUT2D eigenvalue weighted by Gasteiger charge is -2.13. The fraction of sp³-hybridized carbons (Fsp3) is 0.462. The zero-order chi connectivity index (χ0) is 13.0. The normalized spacial score (nSPS) is 18.3. The maximum Gasteiger partial charge on any atom is 0.255 e. The van der Waals surface area contributed by atoms with Gasteiger partial charge in [0.05, 0.1) is 11.6 Å². The molecular formula is C13H18N2O3. The lowest BCUT2D eigenvalue weighted by atomic mass is 10.1. The highest BCUT2D eigenvalue weighted by atomic mass is 16.5. The summed E-state index contributed by atoms with van der Waals surface area (Å²) < 4.78 is 11.3. The van der Waals surface area contributed by atoms with Gasteiger partial charge in [-0.15, -0.1) is 0 Å². The van der Waals surface area contributed by atoms with E-state index in [1.807, 2.05) is 20.0 Å². The molecule has 0 aromatic heterocycles. The average Bonchev–Trinajstić information content (AvgIpc) is 2.50. The van der Waals surface area contributed by atoms with Gasteiger partial charge < -0.3 is 20.1 Å². The van der Waals surface area contributed by atoms with Crippen LogP contribution in [0.2, 0.25) is 0 Å². The van der Waals surface area contributed by atoms with E-state index in [1.54, 1.807) is 12.1 Å². The largest absolute Gasteiger partial charge is 0.488 e. The Hall–Kier alpha value is -1.75. The molecule has 0 bridgehead atoms. The molecule has 1 aliphatic rings. The van der Waals surface area contributed by atoms with Gasteiger partial charge >= 0.3 is 0 Å². The number of amides is 1. The molecule has 1 heterocycles. The predicted octanol–water partition coefficient (Wildman–Crippen LogP) is 0.795. The van der Waals surface area contributed by atoms with Crippen molar-refractivity contribution in [1.82, 2.24) is 10.6 Å². The summed E-state index contributed by atoms with van der Waals surface area (Å²) in [5, 5.41) is 5.86. The minimum Gasteiger partial charge on any atom is -0.488 e. The van der Waals surface area contributed by atoms with Crippen LogP contribution in [-0.4, -0.2) is 38.8 Å². The monoisotopic (exact) mass is 250 g/mol. The van der Waals surface area contributed by atoms with Gasteiger partial charge in [0.25, 0.3) is 5.91 Å². The van der Waals surface area contributed by atoms with Crippen molar-refractivity contribution in [2.75, 3.05) is 26.8 Å². The summed E-state index contributed by atoms with van der Waals surface area (Å²) in [5.74, 6) is 1.04. The van der Waals surface area contributed by atoms with Gasteiger partial charge in [0.2, 0.25) is 0 Å². The average molecular weight is 250 g/mol. The van der Waals surface area contributed by atoms with E-state index >= 15 is 0 Å². The molecule has 0 aliphatic carbocycles. The summed E-state index contributed by atoms with van der Waals surface area (Å²) in [6, 6.07) is 5.35. The van der Waals surface area contributed by atoms with Crippen LogP contribution in [0.15, 0.2) is 18.2 Å². The molecule has 0 saturated heterocycles. The van der Waals surface area contributed by atoms with E-state index in [0.29, 0.717) is 30.3 Å². The first kappa shape index (κ1) is 12.7. The zero-order valence-electron chi connectivity index (χ0n) is 10.7. The van der Waals surface area contributed by atoms with Crippen molar-refractivity contribution in [2.24, 2.45) is 0 Å². The molecular weight excluding hydrogens is 232 g/mol. The van der Waals surface area contributed by atoms with Crippen molar-refractivity contribution in [1.29, 1.82) is 0 Å². The van der Waals surface area contributed by atoms with Crippen molar-refractivity contribution >= 4 is 5.91 Å². The molecule has 5 heteroatoms. The van der Waals surface area contributed by atoms with Gasteiger partial charge in [-0.2, -0.15) is 0 Å². The minimum atomic E-state index is -0.117. The third-order valence-corrected chi connectivity index (χ3v) is 2.69. The van der Waals surface area contributed by atoms with Crippen LogP contribution in [0.5, 0.6) is 11.5 Å². The number of hydrogen-bond donors (Lipinski definition) is 2. The first-order valence-corrected chi connectivity index (χ1v) is 6.06. The van der Waals surface area contributed by atoms with Crippen LogP contribution in [-0.2, 0) is 0 Å². The number of likely N-dealkylation sites (N-methyl/N-ethyl adjacent to an activating group) is 1. The van der Waals surface area contributed by atoms with E-state index in [9.17, 15) is 4.79 Å². The Labute approximate surface area is 106 Å². The Balaban J connectivity index is 2.23. The first-order valence-electron chi connectivity index (χ1n) is 6.06. The van der Waals surface area contributed by atoms with Crippen molar-refractivity contribution in [3.05, 3.63) is 23.8 Å². The van der Waals surface area contributed by atoms with Crippen LogP contribution in [0, 0.1) is 0 Å². The smallest absolute Gasteiger partial charge is 0.255 e. The standard InChI is InChI=1S/C13H18N2O3/c1-9-8-18-12-10(13(16)15-9)4-3-5-11(12)17-7-6-14-2/h3-5,9,14H,6-8H2,1-2H3,(H,15,16). The van der Waals surface area contributed by atoms with E-state index in [2.05, 4.69) is 10.6 Å². The number of fused-ring (bicyclic) bond motifs is 1. The Morgan fingerprint density at radius 2 is 2.39 bits per heavy atom. The number of ether oxygens (including phenoxy) is 2. The zero-order valence-corrected chi connectivity index (χ0v) is 10.7. The van der Waals surface area contributed by atoms with Crippen molar-refractivity contribution in [3.63, 3.8) is 0 Å². The van der Waals surface area contributed by atoms with Gasteiger partial charge in [-0.3, -0.25) is 4.79 Å². The molecule has 98 valence electrons. The Morgan fingerprint density at radius 3 is 3.17 bits per heavy atom. The molecule has 2 N–H and O–H groups in total. The Bertz CT molecular complexity index is 434. The van der Waals surface area contributed by atoms with Crippen LogP contribution in [0.1, 0.15) is 17.3 Å². The van der Waals surface area contributed by atoms with Crippen LogP contribution < -0.4 is 20.1 Å². The van der Waals surface area contributed by atoms with E-state index in [0.717, 1.165) is 6.54 Å². The maximum atomic E-state index is 11.9. The second-order valence-corrected chi connectivity index (χ2v) is 4.27. The molecule has 0 saturated carbocycles. The third-order valence-electron chi connectivity index (χ3n) is 2.69. The van der Waals surface area contributed by atoms with Crippen molar-refractivity contribution in [2.45, 2.75) is 13.0 Å². The summed E-state index contributed by atoms with van der Waals surface area (Å²) in [4.78, 5) is 11.9. The topological polar surface area (TPSA) is 59.6 Å². The minimum absolute atomic E-state index is 0.00458. The van der Waals surface area contributed by atoms with Crippen LogP contribution in [0.25, 0.3) is 0 Å². The Morgan fingerprint density at radius 1 is 1.56 bits per heavy atom. The molecule has 5 nitrogen and oxygen atoms in total. The summed E-state index contributed by atoms with van der Waals surface area (Å²) >= 11 is 0. The lowest BCUT2D eigenvalue weighted by molar-refractivity contribution is 0.0942. The second kappa shape index (κ2) is 5.73. The van der Waals surface area contributed by atoms with Crippen LogP contribution in [0.4, 0.5) is 0 Å². The number of carbonyl (C=O) groups excluding carboxylic acids is 1. The highest BCUT2D eigenvalue weighted by Crippen LogP contribution is 2.32. The second-order valence-electron chi connectivity index (χ2n) is 4.27. The van der Waals surface area contributed by atoms with Gasteiger partial charge in [0, 0.05) is 6.54 Å². The SMILES string of the molecule is CNCCOc1cccc2c1OCC(C)NC2=O. The number of hydrogen-bond acceptors (Lipinski definition) is 4.